The number of nitrogens with one attached hydrogen (secondary N) is 2. The number of nitrogens with zero attached hydrogens (tertiary/aromatic N) is 2. The molecule has 1 aliphatic carbocycles. The van der Waals surface area contributed by atoms with Crippen LogP contribution < -0.4 is 10.9 Å². The van der Waals surface area contributed by atoms with E-state index in [1.165, 1.54) is 19.1 Å². The van der Waals surface area contributed by atoms with Gasteiger partial charge in [0.15, 0.2) is 0 Å². The Kier molecular flexibility index (Phi) is 6.07. The lowest BCUT2D eigenvalue weighted by molar-refractivity contribution is -0.00954. The van der Waals surface area contributed by atoms with Crippen LogP contribution in [0.25, 0.3) is 5.52 Å². The highest BCUT2D eigenvalue weighted by Gasteiger charge is 2.33. The van der Waals surface area contributed by atoms with E-state index in [1.54, 1.807) is 23.7 Å². The number of aromatic nitrogens is 3. The highest BCUT2D eigenvalue weighted by Crippen LogP contribution is 2.36. The fraction of sp³-hybridized carbons (Fsp3) is 0.435. The van der Waals surface area contributed by atoms with E-state index in [4.69, 9.17) is 11.6 Å². The summed E-state index contributed by atoms with van der Waals surface area (Å²) < 4.78 is 30.6. The standard InChI is InChI=1S/C23H25ClF2N4O2/c1-3-23(25,26)17-8-13(2)29-21(31)16(17)11-27-22(32)19-10-15(24)9-18-20(28-12-30(18)19)14-6-4-5-7-14/h8-10,12,14H,3-7,11H2,1-2H3,(H,27,32)(H,29,31). The molecule has 32 heavy (non-hydrogen) atoms. The van der Waals surface area contributed by atoms with E-state index >= 15 is 0 Å². The van der Waals surface area contributed by atoms with Gasteiger partial charge in [0.1, 0.15) is 12.0 Å². The molecule has 3 aromatic heterocycles. The fourth-order valence-electron chi connectivity index (χ4n) is 4.44. The Hall–Kier alpha value is -2.74. The second-order valence-corrected chi connectivity index (χ2v) is 8.78. The summed E-state index contributed by atoms with van der Waals surface area (Å²) in [5.74, 6) is -3.37. The number of amides is 1. The predicted octanol–water partition coefficient (Wildman–Crippen LogP) is 5.07. The number of pyridine rings is 2. The van der Waals surface area contributed by atoms with Crippen molar-refractivity contribution in [2.45, 2.75) is 64.3 Å². The van der Waals surface area contributed by atoms with Gasteiger partial charge in [0.05, 0.1) is 11.2 Å². The fourth-order valence-corrected chi connectivity index (χ4v) is 4.64. The molecule has 3 aromatic rings. The molecule has 9 heteroatoms. The van der Waals surface area contributed by atoms with Gasteiger partial charge in [0.2, 0.25) is 0 Å². The van der Waals surface area contributed by atoms with Gasteiger partial charge in [-0.15, -0.1) is 0 Å². The number of hydrogen-bond donors (Lipinski definition) is 2. The minimum Gasteiger partial charge on any atom is -0.346 e. The Morgan fingerprint density at radius 1 is 1.31 bits per heavy atom. The van der Waals surface area contributed by atoms with Crippen molar-refractivity contribution >= 4 is 23.0 Å². The largest absolute Gasteiger partial charge is 0.346 e. The van der Waals surface area contributed by atoms with E-state index in [9.17, 15) is 18.4 Å². The number of H-pyrrole nitrogens is 1. The first-order valence-corrected chi connectivity index (χ1v) is 11.1. The number of hydrogen-bond acceptors (Lipinski definition) is 3. The van der Waals surface area contributed by atoms with Crippen molar-refractivity contribution in [1.82, 2.24) is 19.7 Å². The summed E-state index contributed by atoms with van der Waals surface area (Å²) in [6.07, 6.45) is 5.52. The number of carbonyl (C=O) groups excluding carboxylic acids is 1. The number of alkyl halides is 2. The van der Waals surface area contributed by atoms with Crippen LogP contribution in [0.3, 0.4) is 0 Å². The summed E-state index contributed by atoms with van der Waals surface area (Å²) in [6.45, 7) is 2.56. The van der Waals surface area contributed by atoms with Gasteiger partial charge in [-0.05, 0) is 38.0 Å². The first-order chi connectivity index (χ1) is 15.2. The zero-order chi connectivity index (χ0) is 23.0. The molecule has 0 unspecified atom stereocenters. The molecule has 0 bridgehead atoms. The van der Waals surface area contributed by atoms with E-state index in [0.29, 0.717) is 16.6 Å². The first kappa shape index (κ1) is 22.5. The van der Waals surface area contributed by atoms with Crippen LogP contribution in [-0.4, -0.2) is 20.3 Å². The molecule has 0 atom stereocenters. The van der Waals surface area contributed by atoms with E-state index in [2.05, 4.69) is 15.3 Å². The molecule has 0 saturated heterocycles. The predicted molar refractivity (Wildman–Crippen MR) is 119 cm³/mol. The molecule has 1 aliphatic rings. The molecular weight excluding hydrogens is 438 g/mol. The third-order valence-electron chi connectivity index (χ3n) is 6.15. The third kappa shape index (κ3) is 4.16. The Morgan fingerprint density at radius 2 is 2.03 bits per heavy atom. The van der Waals surface area contributed by atoms with E-state index < -0.39 is 23.8 Å². The minimum absolute atomic E-state index is 0.161. The Morgan fingerprint density at radius 3 is 2.72 bits per heavy atom. The number of imidazole rings is 1. The molecule has 4 rings (SSSR count). The molecule has 6 nitrogen and oxygen atoms in total. The first-order valence-electron chi connectivity index (χ1n) is 10.8. The zero-order valence-corrected chi connectivity index (χ0v) is 18.7. The van der Waals surface area contributed by atoms with Gasteiger partial charge in [-0.3, -0.25) is 14.0 Å². The van der Waals surface area contributed by atoms with Crippen LogP contribution in [0.1, 0.15) is 77.9 Å². The number of fused-ring (bicyclic) bond motifs is 1. The van der Waals surface area contributed by atoms with Crippen molar-refractivity contribution in [3.8, 4) is 0 Å². The summed E-state index contributed by atoms with van der Waals surface area (Å²) in [6, 6.07) is 4.54. The molecule has 170 valence electrons. The number of carbonyl (C=O) groups is 1. The Labute approximate surface area is 189 Å². The van der Waals surface area contributed by atoms with Gasteiger partial charge in [0, 0.05) is 40.7 Å². The Balaban J connectivity index is 1.66. The maximum Gasteiger partial charge on any atom is 0.273 e. The van der Waals surface area contributed by atoms with Crippen LogP contribution in [0.5, 0.6) is 0 Å². The van der Waals surface area contributed by atoms with Crippen molar-refractivity contribution in [3.63, 3.8) is 0 Å². The number of rotatable bonds is 6. The van der Waals surface area contributed by atoms with Crippen LogP contribution in [0, 0.1) is 6.92 Å². The summed E-state index contributed by atoms with van der Waals surface area (Å²) in [5.41, 5.74) is 1.07. The van der Waals surface area contributed by atoms with Crippen LogP contribution >= 0.6 is 11.6 Å². The second kappa shape index (κ2) is 8.65. The lowest BCUT2D eigenvalue weighted by Gasteiger charge is -2.19. The maximum atomic E-state index is 14.5. The van der Waals surface area contributed by atoms with Gasteiger partial charge in [-0.1, -0.05) is 31.4 Å². The van der Waals surface area contributed by atoms with Gasteiger partial charge in [0.25, 0.3) is 17.4 Å². The average Bonchev–Trinajstić information content (AvgIpc) is 3.41. The number of aromatic amines is 1. The van der Waals surface area contributed by atoms with Crippen LogP contribution in [0.4, 0.5) is 8.78 Å². The lowest BCUT2D eigenvalue weighted by atomic mass is 10.0. The second-order valence-electron chi connectivity index (χ2n) is 8.34. The van der Waals surface area contributed by atoms with Gasteiger partial charge >= 0.3 is 0 Å². The molecule has 2 N–H and O–H groups in total. The normalized spacial score (nSPS) is 14.9. The number of halogens is 3. The van der Waals surface area contributed by atoms with Crippen LogP contribution in [-0.2, 0) is 12.5 Å². The lowest BCUT2D eigenvalue weighted by Crippen LogP contribution is -2.31. The van der Waals surface area contributed by atoms with E-state index in [0.717, 1.165) is 36.9 Å². The molecule has 3 heterocycles. The summed E-state index contributed by atoms with van der Waals surface area (Å²) in [4.78, 5) is 32.5. The van der Waals surface area contributed by atoms with Crippen LogP contribution in [0.2, 0.25) is 5.02 Å². The molecule has 0 aromatic carbocycles. The quantitative estimate of drug-likeness (QED) is 0.536. The van der Waals surface area contributed by atoms with Gasteiger partial charge < -0.3 is 10.3 Å². The highest BCUT2D eigenvalue weighted by molar-refractivity contribution is 6.31. The monoisotopic (exact) mass is 462 g/mol. The minimum atomic E-state index is -3.18. The van der Waals surface area contributed by atoms with Crippen LogP contribution in [0.15, 0.2) is 29.3 Å². The molecule has 1 amide bonds. The highest BCUT2D eigenvalue weighted by atomic mass is 35.5. The van der Waals surface area contributed by atoms with Gasteiger partial charge in [-0.2, -0.15) is 0 Å². The summed E-state index contributed by atoms with van der Waals surface area (Å²) >= 11 is 6.29. The van der Waals surface area contributed by atoms with Gasteiger partial charge in [-0.25, -0.2) is 13.8 Å². The SMILES string of the molecule is CCC(F)(F)c1cc(C)[nH]c(=O)c1CNC(=O)c1cc(Cl)cc2c(C3CCCC3)ncn12. The zero-order valence-electron chi connectivity index (χ0n) is 18.0. The van der Waals surface area contributed by atoms with Crippen molar-refractivity contribution in [2.75, 3.05) is 0 Å². The number of aryl methyl sites for hydroxylation is 1. The van der Waals surface area contributed by atoms with Crippen molar-refractivity contribution in [2.24, 2.45) is 0 Å². The smallest absolute Gasteiger partial charge is 0.273 e. The van der Waals surface area contributed by atoms with E-state index in [1.807, 2.05) is 0 Å². The van der Waals surface area contributed by atoms with Crippen molar-refractivity contribution in [3.05, 3.63) is 68.1 Å². The summed E-state index contributed by atoms with van der Waals surface area (Å²) in [7, 11) is 0. The molecule has 0 radical (unpaired) electrons. The molecule has 0 aliphatic heterocycles. The van der Waals surface area contributed by atoms with E-state index in [-0.39, 0.29) is 23.4 Å². The maximum absolute atomic E-state index is 14.5. The molecule has 0 spiro atoms. The molecule has 1 fully saturated rings. The molecule has 1 saturated carbocycles. The summed E-state index contributed by atoms with van der Waals surface area (Å²) in [5, 5.41) is 2.99. The van der Waals surface area contributed by atoms with Crippen molar-refractivity contribution < 1.29 is 13.6 Å². The third-order valence-corrected chi connectivity index (χ3v) is 6.37. The van der Waals surface area contributed by atoms with Crippen molar-refractivity contribution in [1.29, 1.82) is 0 Å². The molecular formula is C23H25ClF2N4O2. The topological polar surface area (TPSA) is 79.3 Å². The average molecular weight is 463 g/mol. The Bertz CT molecular complexity index is 1230.